The molecule has 2 heterocycles. The first kappa shape index (κ1) is 14.8. The lowest BCUT2D eigenvalue weighted by Gasteiger charge is -2.22. The van der Waals surface area contributed by atoms with Gasteiger partial charge in [0.2, 0.25) is 0 Å². The van der Waals surface area contributed by atoms with Gasteiger partial charge in [-0.15, -0.1) is 11.3 Å². The molecular formula is C16H13F3N2S. The zero-order valence-electron chi connectivity index (χ0n) is 11.8. The Labute approximate surface area is 129 Å². The van der Waals surface area contributed by atoms with Gasteiger partial charge in [0, 0.05) is 40.1 Å². The van der Waals surface area contributed by atoms with Crippen LogP contribution in [0.15, 0.2) is 48.1 Å². The van der Waals surface area contributed by atoms with Gasteiger partial charge in [0.05, 0.1) is 11.3 Å². The summed E-state index contributed by atoms with van der Waals surface area (Å²) in [6.07, 6.45) is -0.906. The minimum Gasteiger partial charge on any atom is -0.340 e. The van der Waals surface area contributed by atoms with Crippen LogP contribution in [-0.2, 0) is 6.18 Å². The first-order valence-electron chi connectivity index (χ1n) is 6.76. The van der Waals surface area contributed by atoms with Crippen molar-refractivity contribution < 1.29 is 13.2 Å². The maximum absolute atomic E-state index is 12.8. The number of thiophene rings is 1. The van der Waals surface area contributed by atoms with E-state index in [9.17, 15) is 13.2 Å². The summed E-state index contributed by atoms with van der Waals surface area (Å²) in [5, 5.41) is 2.73. The van der Waals surface area contributed by atoms with Crippen LogP contribution in [0.25, 0.3) is 10.1 Å². The van der Waals surface area contributed by atoms with Crippen molar-refractivity contribution in [3.63, 3.8) is 0 Å². The van der Waals surface area contributed by atoms with Gasteiger partial charge in [-0.05, 0) is 31.2 Å². The first-order valence-corrected chi connectivity index (χ1v) is 7.64. The van der Waals surface area contributed by atoms with Crippen molar-refractivity contribution in [2.45, 2.75) is 13.1 Å². The smallest absolute Gasteiger partial charge is 0.340 e. The third-order valence-electron chi connectivity index (χ3n) is 3.46. The highest BCUT2D eigenvalue weighted by atomic mass is 32.1. The predicted octanol–water partition coefficient (Wildman–Crippen LogP) is 5.47. The molecule has 0 atom stereocenters. The predicted molar refractivity (Wildman–Crippen MR) is 83.7 cm³/mol. The molecule has 0 saturated carbocycles. The molecular weight excluding hydrogens is 309 g/mol. The Morgan fingerprint density at radius 3 is 2.50 bits per heavy atom. The Balaban J connectivity index is 2.08. The molecule has 0 amide bonds. The normalized spacial score (nSPS) is 11.8. The molecule has 0 aliphatic carbocycles. The quantitative estimate of drug-likeness (QED) is 0.635. The van der Waals surface area contributed by atoms with E-state index in [1.165, 1.54) is 17.4 Å². The second-order valence-electron chi connectivity index (χ2n) is 4.78. The maximum Gasteiger partial charge on any atom is 0.416 e. The van der Waals surface area contributed by atoms with E-state index >= 15 is 0 Å². The Morgan fingerprint density at radius 2 is 1.86 bits per heavy atom. The van der Waals surface area contributed by atoms with Crippen molar-refractivity contribution in [1.29, 1.82) is 0 Å². The molecule has 22 heavy (non-hydrogen) atoms. The molecule has 0 radical (unpaired) electrons. The lowest BCUT2D eigenvalue weighted by molar-refractivity contribution is -0.137. The zero-order chi connectivity index (χ0) is 15.7. The summed E-state index contributed by atoms with van der Waals surface area (Å²) in [5.41, 5.74) is 1.28. The van der Waals surface area contributed by atoms with Gasteiger partial charge in [-0.1, -0.05) is 6.07 Å². The van der Waals surface area contributed by atoms with Crippen LogP contribution in [0.5, 0.6) is 0 Å². The number of pyridine rings is 1. The number of hydrogen-bond donors (Lipinski definition) is 0. The van der Waals surface area contributed by atoms with Crippen LogP contribution >= 0.6 is 11.3 Å². The summed E-state index contributed by atoms with van der Waals surface area (Å²) in [7, 11) is 0. The maximum atomic E-state index is 12.8. The number of anilines is 2. The molecule has 0 aliphatic heterocycles. The van der Waals surface area contributed by atoms with E-state index in [2.05, 4.69) is 9.88 Å². The van der Waals surface area contributed by atoms with E-state index in [0.717, 1.165) is 29.4 Å². The molecule has 0 unspecified atom stereocenters. The molecule has 0 N–H and O–H groups in total. The minimum absolute atomic E-state index is 0.611. The molecule has 0 fully saturated rings. The summed E-state index contributed by atoms with van der Waals surface area (Å²) in [6, 6.07) is 7.67. The fourth-order valence-electron chi connectivity index (χ4n) is 2.42. The van der Waals surface area contributed by atoms with E-state index < -0.39 is 11.7 Å². The molecule has 6 heteroatoms. The van der Waals surface area contributed by atoms with Gasteiger partial charge in [0.15, 0.2) is 0 Å². The van der Waals surface area contributed by atoms with Crippen molar-refractivity contribution in [2.24, 2.45) is 0 Å². The average molecular weight is 322 g/mol. The van der Waals surface area contributed by atoms with Gasteiger partial charge >= 0.3 is 6.18 Å². The minimum atomic E-state index is -4.31. The highest BCUT2D eigenvalue weighted by Crippen LogP contribution is 2.39. The molecule has 0 bridgehead atoms. The Hall–Kier alpha value is -2.08. The third kappa shape index (κ3) is 2.66. The first-order chi connectivity index (χ1) is 10.5. The van der Waals surface area contributed by atoms with Gasteiger partial charge in [-0.3, -0.25) is 4.98 Å². The number of aromatic nitrogens is 1. The van der Waals surface area contributed by atoms with Crippen LogP contribution < -0.4 is 4.90 Å². The van der Waals surface area contributed by atoms with Crippen LogP contribution in [-0.4, -0.2) is 11.5 Å². The molecule has 2 aromatic heterocycles. The summed E-state index contributed by atoms with van der Waals surface area (Å²) in [5.74, 6) is 0. The Kier molecular flexibility index (Phi) is 3.78. The van der Waals surface area contributed by atoms with Crippen LogP contribution in [0.4, 0.5) is 24.5 Å². The van der Waals surface area contributed by atoms with Gasteiger partial charge in [0.1, 0.15) is 0 Å². The van der Waals surface area contributed by atoms with Crippen LogP contribution in [0.3, 0.4) is 0 Å². The molecule has 0 saturated heterocycles. The number of halogens is 3. The molecule has 3 rings (SSSR count). The molecule has 0 aliphatic rings. The number of hydrogen-bond acceptors (Lipinski definition) is 3. The van der Waals surface area contributed by atoms with Gasteiger partial charge < -0.3 is 4.90 Å². The van der Waals surface area contributed by atoms with E-state index in [4.69, 9.17) is 0 Å². The van der Waals surface area contributed by atoms with Gasteiger partial charge in [0.25, 0.3) is 0 Å². The fraction of sp³-hybridized carbons (Fsp3) is 0.188. The second-order valence-corrected chi connectivity index (χ2v) is 5.69. The van der Waals surface area contributed by atoms with E-state index in [1.807, 2.05) is 24.4 Å². The third-order valence-corrected chi connectivity index (χ3v) is 4.40. The molecule has 114 valence electrons. The van der Waals surface area contributed by atoms with Crippen molar-refractivity contribution in [3.8, 4) is 0 Å². The zero-order valence-corrected chi connectivity index (χ0v) is 12.6. The fourth-order valence-corrected chi connectivity index (χ4v) is 3.40. The second kappa shape index (κ2) is 5.61. The molecule has 2 nitrogen and oxygen atoms in total. The summed E-state index contributed by atoms with van der Waals surface area (Å²) < 4.78 is 39.0. The molecule has 3 aromatic rings. The number of fused-ring (bicyclic) bond motifs is 1. The summed E-state index contributed by atoms with van der Waals surface area (Å²) >= 11 is 1.33. The molecule has 1 aromatic carbocycles. The topological polar surface area (TPSA) is 16.1 Å². The van der Waals surface area contributed by atoms with Crippen molar-refractivity contribution in [3.05, 3.63) is 53.7 Å². The summed E-state index contributed by atoms with van der Waals surface area (Å²) in [4.78, 5) is 6.06. The number of alkyl halides is 3. The number of benzene rings is 1. The van der Waals surface area contributed by atoms with Crippen LogP contribution in [0.2, 0.25) is 0 Å². The van der Waals surface area contributed by atoms with Crippen molar-refractivity contribution >= 4 is 32.8 Å². The standard InChI is InChI=1S/C16H13F3N2S/c1-2-21(12-5-7-20-8-6-12)14-10-22-15-9-11(16(17,18)19)3-4-13(14)15/h3-10H,2H2,1H3. The van der Waals surface area contributed by atoms with Crippen LogP contribution in [0, 0.1) is 0 Å². The lowest BCUT2D eigenvalue weighted by atomic mass is 10.1. The van der Waals surface area contributed by atoms with Gasteiger partial charge in [-0.2, -0.15) is 13.2 Å². The highest BCUT2D eigenvalue weighted by Gasteiger charge is 2.30. The van der Waals surface area contributed by atoms with Crippen LogP contribution in [0.1, 0.15) is 12.5 Å². The van der Waals surface area contributed by atoms with E-state index in [-0.39, 0.29) is 0 Å². The SMILES string of the molecule is CCN(c1ccncc1)c1csc2cc(C(F)(F)F)ccc12. The highest BCUT2D eigenvalue weighted by molar-refractivity contribution is 7.17. The van der Waals surface area contributed by atoms with Gasteiger partial charge in [-0.25, -0.2) is 0 Å². The van der Waals surface area contributed by atoms with E-state index in [1.54, 1.807) is 18.5 Å². The Bertz CT molecular complexity index is 781. The number of rotatable bonds is 3. The monoisotopic (exact) mass is 322 g/mol. The average Bonchev–Trinajstić information content (AvgIpc) is 2.92. The summed E-state index contributed by atoms with van der Waals surface area (Å²) in [6.45, 7) is 2.73. The van der Waals surface area contributed by atoms with Crippen molar-refractivity contribution in [1.82, 2.24) is 4.98 Å². The van der Waals surface area contributed by atoms with Crippen molar-refractivity contribution in [2.75, 3.05) is 11.4 Å². The Morgan fingerprint density at radius 1 is 1.14 bits per heavy atom. The number of nitrogens with zero attached hydrogens (tertiary/aromatic N) is 2. The lowest BCUT2D eigenvalue weighted by Crippen LogP contribution is -2.15. The van der Waals surface area contributed by atoms with E-state index in [0.29, 0.717) is 4.70 Å². The molecule has 0 spiro atoms. The largest absolute Gasteiger partial charge is 0.416 e.